The van der Waals surface area contributed by atoms with E-state index in [0.717, 1.165) is 37.3 Å². The van der Waals surface area contributed by atoms with Crippen LogP contribution in [-0.4, -0.2) is 113 Å². The lowest BCUT2D eigenvalue weighted by atomic mass is 10.0. The molecule has 14 nitrogen and oxygen atoms in total. The first-order chi connectivity index (χ1) is 19.2. The van der Waals surface area contributed by atoms with Gasteiger partial charge in [-0.05, 0) is 37.8 Å². The summed E-state index contributed by atoms with van der Waals surface area (Å²) in [4.78, 5) is 36.0. The van der Waals surface area contributed by atoms with Crippen LogP contribution < -0.4 is 10.6 Å². The van der Waals surface area contributed by atoms with E-state index >= 15 is 0 Å². The van der Waals surface area contributed by atoms with Crippen molar-refractivity contribution in [2.24, 2.45) is 11.8 Å². The van der Waals surface area contributed by atoms with Crippen molar-refractivity contribution >= 4 is 24.1 Å². The topological polar surface area (TPSA) is 231 Å². The van der Waals surface area contributed by atoms with Gasteiger partial charge >= 0.3 is 11.9 Å². The third kappa shape index (κ3) is 12.0. The van der Waals surface area contributed by atoms with E-state index < -0.39 is 36.4 Å². The molecule has 14 heteroatoms. The van der Waals surface area contributed by atoms with Gasteiger partial charge in [0.2, 0.25) is 0 Å². The molecule has 0 aromatic carbocycles. The van der Waals surface area contributed by atoms with Crippen molar-refractivity contribution < 1.29 is 40.2 Å². The largest absolute Gasteiger partial charge is 0.479 e. The monoisotopic (exact) mass is 560 g/mol. The van der Waals surface area contributed by atoms with Crippen molar-refractivity contribution in [1.29, 1.82) is 0 Å². The second kappa shape index (κ2) is 17.8. The van der Waals surface area contributed by atoms with Crippen molar-refractivity contribution in [2.45, 2.75) is 37.3 Å². The van der Waals surface area contributed by atoms with Crippen molar-refractivity contribution in [3.63, 3.8) is 0 Å². The van der Waals surface area contributed by atoms with E-state index in [1.807, 2.05) is 24.8 Å². The van der Waals surface area contributed by atoms with Crippen LogP contribution >= 0.6 is 0 Å². The standard InChI is InChI=1S/2C10H13N3.C6H10O8/c2*1(9-3-4-11-5-9)2-10-6-12-8-13-7-10;7-1(3(9)5(11)12)2(8)4(10)6(13)14/h2*1-2,6-9,11H,3-5H2;1-4,7-10H,(H,11,12)(H,13,14)/b2*2-1+;/t2*9-;/m00./s1. The molecule has 2 aliphatic rings. The SMILES string of the molecule is C(=C\[C@H]1CCNC1)/c1cncnc1.C(=C\[C@H]1CCNC1)/c1cncnc1.O=C(O)C(O)C(O)C(O)C(O)C(=O)O. The summed E-state index contributed by atoms with van der Waals surface area (Å²) in [6, 6.07) is 0. The van der Waals surface area contributed by atoms with Gasteiger partial charge in [-0.3, -0.25) is 0 Å². The zero-order chi connectivity index (χ0) is 29.3. The summed E-state index contributed by atoms with van der Waals surface area (Å²) in [7, 11) is 0. The number of carbonyl (C=O) groups is 2. The number of carboxylic acids is 2. The highest BCUT2D eigenvalue weighted by Gasteiger charge is 2.37. The van der Waals surface area contributed by atoms with E-state index in [4.69, 9.17) is 30.6 Å². The van der Waals surface area contributed by atoms with Crippen LogP contribution in [0.5, 0.6) is 0 Å². The van der Waals surface area contributed by atoms with Crippen molar-refractivity contribution in [3.8, 4) is 0 Å². The second-order valence-electron chi connectivity index (χ2n) is 9.11. The summed E-state index contributed by atoms with van der Waals surface area (Å²) in [5.41, 5.74) is 2.16. The highest BCUT2D eigenvalue weighted by molar-refractivity contribution is 5.75. The summed E-state index contributed by atoms with van der Waals surface area (Å²) >= 11 is 0. The van der Waals surface area contributed by atoms with Crippen LogP contribution in [0.3, 0.4) is 0 Å². The Hall–Kier alpha value is -3.66. The van der Waals surface area contributed by atoms with E-state index in [-0.39, 0.29) is 0 Å². The summed E-state index contributed by atoms with van der Waals surface area (Å²) in [6.07, 6.45) is 12.3. The molecule has 218 valence electrons. The van der Waals surface area contributed by atoms with Gasteiger partial charge in [-0.15, -0.1) is 0 Å². The highest BCUT2D eigenvalue weighted by atomic mass is 16.4. The number of nitrogens with one attached hydrogen (secondary N) is 2. The molecule has 4 unspecified atom stereocenters. The van der Waals surface area contributed by atoms with E-state index in [1.165, 1.54) is 12.8 Å². The average molecular weight is 561 g/mol. The lowest BCUT2D eigenvalue weighted by molar-refractivity contribution is -0.172. The van der Waals surface area contributed by atoms with E-state index in [2.05, 4.69) is 54.9 Å². The van der Waals surface area contributed by atoms with Crippen LogP contribution in [0.25, 0.3) is 12.2 Å². The molecule has 0 aliphatic carbocycles. The fourth-order valence-electron chi connectivity index (χ4n) is 3.64. The molecule has 8 N–H and O–H groups in total. The molecular weight excluding hydrogens is 524 g/mol. The van der Waals surface area contributed by atoms with E-state index in [9.17, 15) is 9.59 Å². The predicted molar refractivity (Wildman–Crippen MR) is 143 cm³/mol. The molecule has 0 saturated carbocycles. The number of aliphatic hydroxyl groups is 4. The molecule has 2 aliphatic heterocycles. The molecule has 0 bridgehead atoms. The third-order valence-corrected chi connectivity index (χ3v) is 5.98. The molecule has 6 atom stereocenters. The number of aliphatic hydroxyl groups excluding tert-OH is 4. The lowest BCUT2D eigenvalue weighted by Crippen LogP contribution is -2.49. The Bertz CT molecular complexity index is 978. The van der Waals surface area contributed by atoms with Crippen LogP contribution in [0.15, 0.2) is 49.6 Å². The molecule has 0 spiro atoms. The molecular formula is C26H36N6O8. The van der Waals surface area contributed by atoms with Gasteiger partial charge < -0.3 is 41.3 Å². The molecule has 2 aromatic heterocycles. The fraction of sp³-hybridized carbons (Fsp3) is 0.462. The number of hydrogen-bond acceptors (Lipinski definition) is 12. The maximum absolute atomic E-state index is 10.1. The molecule has 2 fully saturated rings. The average Bonchev–Trinajstić information content (AvgIpc) is 3.70. The van der Waals surface area contributed by atoms with Crippen LogP contribution in [-0.2, 0) is 9.59 Å². The predicted octanol–water partition coefficient (Wildman–Crippen LogP) is -1.20. The number of aliphatic carboxylic acids is 2. The first-order valence-electron chi connectivity index (χ1n) is 12.6. The van der Waals surface area contributed by atoms with Gasteiger partial charge in [-0.1, -0.05) is 24.3 Å². The first-order valence-corrected chi connectivity index (χ1v) is 12.6. The van der Waals surface area contributed by atoms with Crippen LogP contribution in [0, 0.1) is 11.8 Å². The molecule has 4 rings (SSSR count). The minimum Gasteiger partial charge on any atom is -0.479 e. The Balaban J connectivity index is 0.000000210. The van der Waals surface area contributed by atoms with E-state index in [1.54, 1.807) is 12.7 Å². The second-order valence-corrected chi connectivity index (χ2v) is 9.11. The van der Waals surface area contributed by atoms with Gasteiger partial charge in [0.15, 0.2) is 12.2 Å². The zero-order valence-electron chi connectivity index (χ0n) is 21.8. The zero-order valence-corrected chi connectivity index (χ0v) is 21.8. The van der Waals surface area contributed by atoms with Gasteiger partial charge in [0.1, 0.15) is 24.9 Å². The van der Waals surface area contributed by atoms with Crippen molar-refractivity contribution in [1.82, 2.24) is 30.6 Å². The van der Waals surface area contributed by atoms with Gasteiger partial charge in [0.05, 0.1) is 0 Å². The van der Waals surface area contributed by atoms with Crippen LogP contribution in [0.2, 0.25) is 0 Å². The number of rotatable bonds is 9. The molecule has 2 saturated heterocycles. The Morgan fingerprint density at radius 2 is 1.05 bits per heavy atom. The smallest absolute Gasteiger partial charge is 0.335 e. The van der Waals surface area contributed by atoms with Crippen molar-refractivity contribution in [3.05, 3.63) is 60.7 Å². The maximum Gasteiger partial charge on any atom is 0.335 e. The lowest BCUT2D eigenvalue weighted by Gasteiger charge is -2.21. The van der Waals surface area contributed by atoms with Gasteiger partial charge in [-0.2, -0.15) is 0 Å². The van der Waals surface area contributed by atoms with E-state index in [0.29, 0.717) is 11.8 Å². The summed E-state index contributed by atoms with van der Waals surface area (Å²) in [5, 5.41) is 58.1. The van der Waals surface area contributed by atoms with Gasteiger partial charge in [0.25, 0.3) is 0 Å². The Labute approximate surface area is 231 Å². The quantitative estimate of drug-likeness (QED) is 0.180. The molecule has 0 amide bonds. The third-order valence-electron chi connectivity index (χ3n) is 5.98. The highest BCUT2D eigenvalue weighted by Crippen LogP contribution is 2.12. The molecule has 40 heavy (non-hydrogen) atoms. The summed E-state index contributed by atoms with van der Waals surface area (Å²) in [6.45, 7) is 4.48. The maximum atomic E-state index is 10.1. The molecule has 2 aromatic rings. The van der Waals surface area contributed by atoms with Crippen LogP contribution in [0.4, 0.5) is 0 Å². The Morgan fingerprint density at radius 1 is 0.700 bits per heavy atom. The summed E-state index contributed by atoms with van der Waals surface area (Å²) in [5.74, 6) is -2.32. The van der Waals surface area contributed by atoms with Crippen molar-refractivity contribution in [2.75, 3.05) is 26.2 Å². The first kappa shape index (κ1) is 32.6. The number of nitrogens with zero attached hydrogens (tertiary/aromatic N) is 4. The number of aromatic nitrogens is 4. The Morgan fingerprint density at radius 3 is 1.32 bits per heavy atom. The number of carboxylic acid groups (broad SMARTS) is 2. The normalized spacial score (nSPS) is 21.5. The van der Waals surface area contributed by atoms with Gasteiger partial charge in [0, 0.05) is 49.0 Å². The summed E-state index contributed by atoms with van der Waals surface area (Å²) < 4.78 is 0. The van der Waals surface area contributed by atoms with Crippen LogP contribution in [0.1, 0.15) is 24.0 Å². The fourth-order valence-corrected chi connectivity index (χ4v) is 3.64. The minimum atomic E-state index is -2.36. The number of hydrogen-bond donors (Lipinski definition) is 8. The minimum absolute atomic E-state index is 0.681. The molecule has 4 heterocycles. The molecule has 0 radical (unpaired) electrons. The van der Waals surface area contributed by atoms with Gasteiger partial charge in [-0.25, -0.2) is 29.5 Å². The Kier molecular flexibility index (Phi) is 14.5.